The first-order chi connectivity index (χ1) is 14.6. The standard InChI is InChI=1S/C22H31N5O3.HI/c1-4-23-22(26-13-10-17(11-14-26)21(28)30-5-2)24-16-18-12-15-27(25-18)19-6-8-20(29-3)9-7-19;/h6-9,12,15,17H,4-5,10-11,13-14,16H2,1-3H3,(H,23,24);1H. The van der Waals surface area contributed by atoms with E-state index < -0.39 is 0 Å². The second-order valence-electron chi connectivity index (χ2n) is 7.13. The molecule has 8 nitrogen and oxygen atoms in total. The van der Waals surface area contributed by atoms with Crippen LogP contribution in [0.3, 0.4) is 0 Å². The minimum absolute atomic E-state index is 0. The van der Waals surface area contributed by atoms with E-state index in [9.17, 15) is 4.79 Å². The van der Waals surface area contributed by atoms with Crippen LogP contribution in [-0.2, 0) is 16.1 Å². The zero-order chi connectivity index (χ0) is 21.3. The average molecular weight is 541 g/mol. The van der Waals surface area contributed by atoms with Gasteiger partial charge in [-0.2, -0.15) is 5.10 Å². The van der Waals surface area contributed by atoms with Crippen LogP contribution in [0.15, 0.2) is 41.5 Å². The highest BCUT2D eigenvalue weighted by molar-refractivity contribution is 14.0. The van der Waals surface area contributed by atoms with Gasteiger partial charge in [0.25, 0.3) is 0 Å². The molecule has 9 heteroatoms. The molecule has 1 aliphatic rings. The number of nitrogens with zero attached hydrogens (tertiary/aromatic N) is 4. The zero-order valence-corrected chi connectivity index (χ0v) is 20.7. The van der Waals surface area contributed by atoms with Crippen molar-refractivity contribution in [1.82, 2.24) is 20.0 Å². The lowest BCUT2D eigenvalue weighted by atomic mass is 9.97. The van der Waals surface area contributed by atoms with Gasteiger partial charge in [0.15, 0.2) is 5.96 Å². The lowest BCUT2D eigenvalue weighted by molar-refractivity contribution is -0.149. The van der Waals surface area contributed by atoms with Crippen molar-refractivity contribution in [3.8, 4) is 11.4 Å². The number of carbonyl (C=O) groups is 1. The number of benzene rings is 1. The highest BCUT2D eigenvalue weighted by Crippen LogP contribution is 2.19. The molecule has 1 aliphatic heterocycles. The number of guanidine groups is 1. The summed E-state index contributed by atoms with van der Waals surface area (Å²) in [7, 11) is 1.65. The number of aromatic nitrogens is 2. The summed E-state index contributed by atoms with van der Waals surface area (Å²) >= 11 is 0. The molecule has 1 fully saturated rings. The number of methoxy groups -OCH3 is 1. The number of hydrogen-bond donors (Lipinski definition) is 1. The number of rotatable bonds is 7. The molecule has 1 aromatic carbocycles. The van der Waals surface area contributed by atoms with Crippen molar-refractivity contribution in [2.24, 2.45) is 10.9 Å². The number of nitrogens with one attached hydrogen (secondary N) is 1. The van der Waals surface area contributed by atoms with Crippen LogP contribution in [0.1, 0.15) is 32.4 Å². The number of aliphatic imine (C=N–C) groups is 1. The molecule has 0 unspecified atom stereocenters. The number of esters is 1. The molecule has 0 radical (unpaired) electrons. The Balaban J connectivity index is 0.00000341. The van der Waals surface area contributed by atoms with Gasteiger partial charge in [-0.25, -0.2) is 9.67 Å². The van der Waals surface area contributed by atoms with Gasteiger partial charge in [-0.3, -0.25) is 4.79 Å². The number of likely N-dealkylation sites (tertiary alicyclic amines) is 1. The molecule has 0 bridgehead atoms. The third-order valence-electron chi connectivity index (χ3n) is 5.12. The number of piperidine rings is 1. The highest BCUT2D eigenvalue weighted by Gasteiger charge is 2.27. The Bertz CT molecular complexity index is 845. The smallest absolute Gasteiger partial charge is 0.309 e. The van der Waals surface area contributed by atoms with Gasteiger partial charge in [-0.05, 0) is 57.0 Å². The second kappa shape index (κ2) is 12.5. The van der Waals surface area contributed by atoms with E-state index in [1.165, 1.54) is 0 Å². The lowest BCUT2D eigenvalue weighted by Crippen LogP contribution is -2.46. The molecule has 31 heavy (non-hydrogen) atoms. The van der Waals surface area contributed by atoms with Gasteiger partial charge in [-0.1, -0.05) is 0 Å². The maximum Gasteiger partial charge on any atom is 0.309 e. The Hall–Kier alpha value is -2.30. The fourth-order valence-corrected chi connectivity index (χ4v) is 3.49. The maximum absolute atomic E-state index is 12.0. The Kier molecular flexibility index (Phi) is 10.1. The van der Waals surface area contributed by atoms with Crippen LogP contribution < -0.4 is 10.1 Å². The van der Waals surface area contributed by atoms with Crippen molar-refractivity contribution >= 4 is 35.9 Å². The fourth-order valence-electron chi connectivity index (χ4n) is 3.49. The largest absolute Gasteiger partial charge is 0.497 e. The van der Waals surface area contributed by atoms with Crippen molar-refractivity contribution in [2.75, 3.05) is 33.4 Å². The predicted octanol–water partition coefficient (Wildman–Crippen LogP) is 3.24. The fraction of sp³-hybridized carbons (Fsp3) is 0.500. The number of hydrogen-bond acceptors (Lipinski definition) is 5. The van der Waals surface area contributed by atoms with E-state index in [1.54, 1.807) is 7.11 Å². The van der Waals surface area contributed by atoms with Crippen LogP contribution in [-0.4, -0.2) is 60.0 Å². The van der Waals surface area contributed by atoms with Gasteiger partial charge in [-0.15, -0.1) is 24.0 Å². The lowest BCUT2D eigenvalue weighted by Gasteiger charge is -2.33. The van der Waals surface area contributed by atoms with Gasteiger partial charge < -0.3 is 19.7 Å². The van der Waals surface area contributed by atoms with E-state index in [4.69, 9.17) is 14.5 Å². The Morgan fingerprint density at radius 2 is 1.90 bits per heavy atom. The molecule has 2 heterocycles. The van der Waals surface area contributed by atoms with Crippen molar-refractivity contribution in [3.05, 3.63) is 42.2 Å². The van der Waals surface area contributed by atoms with E-state index in [2.05, 4.69) is 22.2 Å². The first-order valence-electron chi connectivity index (χ1n) is 10.5. The molecule has 1 aromatic heterocycles. The van der Waals surface area contributed by atoms with E-state index in [1.807, 2.05) is 48.1 Å². The molecule has 0 atom stereocenters. The molecule has 1 saturated heterocycles. The summed E-state index contributed by atoms with van der Waals surface area (Å²) in [5, 5.41) is 7.98. The van der Waals surface area contributed by atoms with Gasteiger partial charge in [0.05, 0.1) is 37.6 Å². The summed E-state index contributed by atoms with van der Waals surface area (Å²) in [5.41, 5.74) is 1.86. The van der Waals surface area contributed by atoms with Gasteiger partial charge in [0, 0.05) is 25.8 Å². The Labute approximate surface area is 201 Å². The van der Waals surface area contributed by atoms with E-state index >= 15 is 0 Å². The van der Waals surface area contributed by atoms with E-state index in [-0.39, 0.29) is 35.9 Å². The summed E-state index contributed by atoms with van der Waals surface area (Å²) in [6.45, 7) is 7.19. The Morgan fingerprint density at radius 3 is 2.52 bits per heavy atom. The number of ether oxygens (including phenoxy) is 2. The van der Waals surface area contributed by atoms with Gasteiger partial charge in [0.1, 0.15) is 5.75 Å². The van der Waals surface area contributed by atoms with Gasteiger partial charge >= 0.3 is 5.97 Å². The van der Waals surface area contributed by atoms with Crippen molar-refractivity contribution in [3.63, 3.8) is 0 Å². The van der Waals surface area contributed by atoms with Crippen LogP contribution >= 0.6 is 24.0 Å². The summed E-state index contributed by atoms with van der Waals surface area (Å²) in [6.07, 6.45) is 3.51. The third-order valence-corrected chi connectivity index (χ3v) is 5.12. The minimum Gasteiger partial charge on any atom is -0.497 e. The van der Waals surface area contributed by atoms with Crippen LogP contribution in [0.5, 0.6) is 5.75 Å². The van der Waals surface area contributed by atoms with Crippen molar-refractivity contribution < 1.29 is 14.3 Å². The predicted molar refractivity (Wildman–Crippen MR) is 131 cm³/mol. The molecule has 2 aromatic rings. The molecule has 1 N–H and O–H groups in total. The Morgan fingerprint density at radius 1 is 1.19 bits per heavy atom. The van der Waals surface area contributed by atoms with Crippen LogP contribution in [0, 0.1) is 5.92 Å². The summed E-state index contributed by atoms with van der Waals surface area (Å²) in [4.78, 5) is 18.9. The first kappa shape index (κ1) is 25.0. The molecular weight excluding hydrogens is 509 g/mol. The summed E-state index contributed by atoms with van der Waals surface area (Å²) in [5.74, 6) is 1.59. The molecule has 3 rings (SSSR count). The first-order valence-corrected chi connectivity index (χ1v) is 10.5. The van der Waals surface area contributed by atoms with Crippen molar-refractivity contribution in [1.29, 1.82) is 0 Å². The van der Waals surface area contributed by atoms with E-state index in [0.717, 1.165) is 55.6 Å². The summed E-state index contributed by atoms with van der Waals surface area (Å²) < 4.78 is 12.2. The molecule has 0 aliphatic carbocycles. The van der Waals surface area contributed by atoms with Crippen molar-refractivity contribution in [2.45, 2.75) is 33.2 Å². The quantitative estimate of drug-likeness (QED) is 0.251. The summed E-state index contributed by atoms with van der Waals surface area (Å²) in [6, 6.07) is 9.74. The SMILES string of the molecule is CCNC(=NCc1ccn(-c2ccc(OC)cc2)n1)N1CCC(C(=O)OCC)CC1.I. The highest BCUT2D eigenvalue weighted by atomic mass is 127. The maximum atomic E-state index is 12.0. The van der Waals surface area contributed by atoms with Crippen LogP contribution in [0.2, 0.25) is 0 Å². The number of carbonyl (C=O) groups excluding carboxylic acids is 1. The monoisotopic (exact) mass is 541 g/mol. The van der Waals surface area contributed by atoms with Crippen LogP contribution in [0.25, 0.3) is 5.69 Å². The molecule has 0 amide bonds. The molecule has 0 saturated carbocycles. The number of halogens is 1. The normalized spacial score (nSPS) is 14.7. The van der Waals surface area contributed by atoms with E-state index in [0.29, 0.717) is 13.2 Å². The van der Waals surface area contributed by atoms with Crippen LogP contribution in [0.4, 0.5) is 0 Å². The molecule has 170 valence electrons. The topological polar surface area (TPSA) is 81.0 Å². The minimum atomic E-state index is -0.0804. The molecule has 0 spiro atoms. The third kappa shape index (κ3) is 6.84. The van der Waals surface area contributed by atoms with Gasteiger partial charge in [0.2, 0.25) is 0 Å². The molecular formula is C22H32IN5O3. The second-order valence-corrected chi connectivity index (χ2v) is 7.13. The average Bonchev–Trinajstić information content (AvgIpc) is 3.26. The zero-order valence-electron chi connectivity index (χ0n) is 18.4.